The van der Waals surface area contributed by atoms with Crippen molar-refractivity contribution in [2.45, 2.75) is 64.2 Å². The Hall–Kier alpha value is -0.920. The van der Waals surface area contributed by atoms with E-state index in [-0.39, 0.29) is 0 Å². The predicted octanol–water partition coefficient (Wildman–Crippen LogP) is 5.43. The highest BCUT2D eigenvalue weighted by atomic mass is 19.2. The third kappa shape index (κ3) is 3.05. The Morgan fingerprint density at radius 3 is 2.45 bits per heavy atom. The van der Waals surface area contributed by atoms with Gasteiger partial charge < -0.3 is 0 Å². The summed E-state index contributed by atoms with van der Waals surface area (Å²) in [7, 11) is 0. The van der Waals surface area contributed by atoms with Gasteiger partial charge in [-0.3, -0.25) is 0 Å². The normalized spacial score (nSPS) is 23.6. The molecule has 1 aromatic carbocycles. The van der Waals surface area contributed by atoms with E-state index in [1.165, 1.54) is 51.0 Å². The molecule has 20 heavy (non-hydrogen) atoms. The van der Waals surface area contributed by atoms with Gasteiger partial charge in [-0.2, -0.15) is 0 Å². The van der Waals surface area contributed by atoms with Crippen LogP contribution in [0, 0.1) is 23.5 Å². The molecule has 3 rings (SSSR count). The van der Waals surface area contributed by atoms with Gasteiger partial charge in [0.15, 0.2) is 11.6 Å². The van der Waals surface area contributed by atoms with Gasteiger partial charge in [0.05, 0.1) is 0 Å². The van der Waals surface area contributed by atoms with Crippen molar-refractivity contribution in [3.8, 4) is 0 Å². The molecule has 0 saturated heterocycles. The van der Waals surface area contributed by atoms with E-state index in [0.29, 0.717) is 17.9 Å². The van der Waals surface area contributed by atoms with Crippen LogP contribution in [0.4, 0.5) is 8.78 Å². The molecule has 1 fully saturated rings. The first-order chi connectivity index (χ1) is 9.74. The minimum absolute atomic E-state index is 0.603. The molecule has 2 heteroatoms. The SMILES string of the molecule is Fc1ccc2c(c1F)CCC(CCC1CCCCC1)C2. The molecule has 2 aliphatic carbocycles. The first-order valence-electron chi connectivity index (χ1n) is 8.20. The molecule has 1 saturated carbocycles. The molecule has 0 N–H and O–H groups in total. The Kier molecular flexibility index (Phi) is 4.38. The fourth-order valence-electron chi connectivity index (χ4n) is 4.05. The van der Waals surface area contributed by atoms with Gasteiger partial charge in [0.2, 0.25) is 0 Å². The van der Waals surface area contributed by atoms with Crippen LogP contribution in [-0.2, 0) is 12.8 Å². The molecule has 0 aliphatic heterocycles. The lowest BCUT2D eigenvalue weighted by Gasteiger charge is -2.28. The van der Waals surface area contributed by atoms with Crippen molar-refractivity contribution in [2.24, 2.45) is 11.8 Å². The zero-order valence-electron chi connectivity index (χ0n) is 12.1. The summed E-state index contributed by atoms with van der Waals surface area (Å²) in [6, 6.07) is 3.08. The zero-order chi connectivity index (χ0) is 13.9. The van der Waals surface area contributed by atoms with Crippen molar-refractivity contribution >= 4 is 0 Å². The average molecular weight is 278 g/mol. The van der Waals surface area contributed by atoms with Gasteiger partial charge in [-0.15, -0.1) is 0 Å². The molecule has 110 valence electrons. The van der Waals surface area contributed by atoms with Crippen molar-refractivity contribution < 1.29 is 8.78 Å². The minimum Gasteiger partial charge on any atom is -0.204 e. The van der Waals surface area contributed by atoms with E-state index in [1.807, 2.05) is 0 Å². The second-order valence-corrected chi connectivity index (χ2v) is 6.69. The molecule has 0 aromatic heterocycles. The molecule has 0 amide bonds. The maximum atomic E-state index is 13.7. The second kappa shape index (κ2) is 6.24. The minimum atomic E-state index is -0.690. The molecule has 0 bridgehead atoms. The Balaban J connectivity index is 1.57. The third-order valence-corrected chi connectivity index (χ3v) is 5.31. The van der Waals surface area contributed by atoms with E-state index in [1.54, 1.807) is 6.07 Å². The van der Waals surface area contributed by atoms with E-state index in [4.69, 9.17) is 0 Å². The smallest absolute Gasteiger partial charge is 0.162 e. The summed E-state index contributed by atoms with van der Waals surface area (Å²) in [5, 5.41) is 0. The van der Waals surface area contributed by atoms with Crippen molar-refractivity contribution in [1.29, 1.82) is 0 Å². The van der Waals surface area contributed by atoms with Crippen LogP contribution in [0.25, 0.3) is 0 Å². The van der Waals surface area contributed by atoms with E-state index in [9.17, 15) is 8.78 Å². The molecule has 2 aliphatic rings. The molecule has 0 spiro atoms. The average Bonchev–Trinajstić information content (AvgIpc) is 2.50. The fourth-order valence-corrected chi connectivity index (χ4v) is 4.05. The van der Waals surface area contributed by atoms with Gasteiger partial charge in [-0.25, -0.2) is 8.78 Å². The second-order valence-electron chi connectivity index (χ2n) is 6.69. The summed E-state index contributed by atoms with van der Waals surface area (Å²) in [4.78, 5) is 0. The van der Waals surface area contributed by atoms with Gasteiger partial charge in [0.25, 0.3) is 0 Å². The van der Waals surface area contributed by atoms with Crippen LogP contribution in [0.15, 0.2) is 12.1 Å². The molecule has 1 atom stereocenters. The number of hydrogen-bond acceptors (Lipinski definition) is 0. The Bertz CT molecular complexity index is 461. The Labute approximate surface area is 120 Å². The molecule has 0 heterocycles. The maximum Gasteiger partial charge on any atom is 0.162 e. The highest BCUT2D eigenvalue weighted by Crippen LogP contribution is 2.34. The van der Waals surface area contributed by atoms with Crippen LogP contribution >= 0.6 is 0 Å². The largest absolute Gasteiger partial charge is 0.204 e. The van der Waals surface area contributed by atoms with Crippen LogP contribution in [0.1, 0.15) is 62.5 Å². The standard InChI is InChI=1S/C18H24F2/c19-17-11-9-15-12-14(8-10-16(15)18(17)20)7-6-13-4-2-1-3-5-13/h9,11,13-14H,1-8,10,12H2. The highest BCUT2D eigenvalue weighted by Gasteiger charge is 2.24. The summed E-state index contributed by atoms with van der Waals surface area (Å²) in [6.45, 7) is 0. The number of hydrogen-bond donors (Lipinski definition) is 0. The maximum absolute atomic E-state index is 13.7. The van der Waals surface area contributed by atoms with Gasteiger partial charge in [-0.05, 0) is 54.7 Å². The van der Waals surface area contributed by atoms with Gasteiger partial charge >= 0.3 is 0 Å². The first kappa shape index (κ1) is 14.0. The van der Waals surface area contributed by atoms with Crippen LogP contribution in [0.2, 0.25) is 0 Å². The molecular formula is C18H24F2. The number of fused-ring (bicyclic) bond motifs is 1. The number of halogens is 2. The lowest BCUT2D eigenvalue weighted by Crippen LogP contribution is -2.18. The van der Waals surface area contributed by atoms with E-state index in [2.05, 4.69) is 0 Å². The zero-order valence-corrected chi connectivity index (χ0v) is 12.1. The monoisotopic (exact) mass is 278 g/mol. The van der Waals surface area contributed by atoms with E-state index in [0.717, 1.165) is 24.3 Å². The van der Waals surface area contributed by atoms with Crippen molar-refractivity contribution in [2.75, 3.05) is 0 Å². The number of rotatable bonds is 3. The molecule has 1 aromatic rings. The van der Waals surface area contributed by atoms with E-state index < -0.39 is 11.6 Å². The molecular weight excluding hydrogens is 254 g/mol. The molecule has 0 nitrogen and oxygen atoms in total. The van der Waals surface area contributed by atoms with Crippen molar-refractivity contribution in [1.82, 2.24) is 0 Å². The molecule has 0 radical (unpaired) electrons. The summed E-state index contributed by atoms with van der Waals surface area (Å²) >= 11 is 0. The van der Waals surface area contributed by atoms with Crippen molar-refractivity contribution in [3.63, 3.8) is 0 Å². The Morgan fingerprint density at radius 1 is 0.900 bits per heavy atom. The van der Waals surface area contributed by atoms with Gasteiger partial charge in [-0.1, -0.05) is 44.6 Å². The summed E-state index contributed by atoms with van der Waals surface area (Å²) in [5.41, 5.74) is 1.68. The highest BCUT2D eigenvalue weighted by molar-refractivity contribution is 5.32. The number of benzene rings is 1. The third-order valence-electron chi connectivity index (χ3n) is 5.31. The van der Waals surface area contributed by atoms with Gasteiger partial charge in [0.1, 0.15) is 0 Å². The van der Waals surface area contributed by atoms with Crippen LogP contribution in [0.3, 0.4) is 0 Å². The van der Waals surface area contributed by atoms with Crippen LogP contribution in [0.5, 0.6) is 0 Å². The fraction of sp³-hybridized carbons (Fsp3) is 0.667. The summed E-state index contributed by atoms with van der Waals surface area (Å²) in [5.74, 6) is 0.307. The van der Waals surface area contributed by atoms with Crippen molar-refractivity contribution in [3.05, 3.63) is 34.9 Å². The lowest BCUT2D eigenvalue weighted by atomic mass is 9.78. The van der Waals surface area contributed by atoms with Gasteiger partial charge in [0, 0.05) is 0 Å². The van der Waals surface area contributed by atoms with Crippen LogP contribution in [-0.4, -0.2) is 0 Å². The lowest BCUT2D eigenvalue weighted by molar-refractivity contribution is 0.296. The quantitative estimate of drug-likeness (QED) is 0.691. The van der Waals surface area contributed by atoms with E-state index >= 15 is 0 Å². The Morgan fingerprint density at radius 2 is 1.65 bits per heavy atom. The predicted molar refractivity (Wildman–Crippen MR) is 77.7 cm³/mol. The summed E-state index contributed by atoms with van der Waals surface area (Å²) in [6.07, 6.45) is 12.3. The first-order valence-corrected chi connectivity index (χ1v) is 8.20. The van der Waals surface area contributed by atoms with Crippen LogP contribution < -0.4 is 0 Å². The topological polar surface area (TPSA) is 0 Å². The summed E-state index contributed by atoms with van der Waals surface area (Å²) < 4.78 is 26.9. The molecule has 1 unspecified atom stereocenters.